The first-order valence-corrected chi connectivity index (χ1v) is 16.1. The number of allylic oxidation sites excluding steroid dienone is 1. The molecule has 7 atom stereocenters. The van der Waals surface area contributed by atoms with Crippen LogP contribution in [-0.2, 0) is 33.3 Å². The van der Waals surface area contributed by atoms with Crippen LogP contribution in [0.4, 0.5) is 0 Å². The van der Waals surface area contributed by atoms with E-state index in [1.165, 1.54) is 13.8 Å². The molecule has 48 heavy (non-hydrogen) atoms. The third kappa shape index (κ3) is 8.10. The molecule has 1 saturated carbocycles. The number of rotatable bonds is 7. The van der Waals surface area contributed by atoms with E-state index in [9.17, 15) is 29.1 Å². The Morgan fingerprint density at radius 1 is 0.833 bits per heavy atom. The molecule has 0 saturated heterocycles. The maximum atomic E-state index is 13.8. The van der Waals surface area contributed by atoms with Gasteiger partial charge in [0.2, 0.25) is 0 Å². The minimum absolute atomic E-state index is 0.117. The summed E-state index contributed by atoms with van der Waals surface area (Å²) in [4.78, 5) is 66.1. The van der Waals surface area contributed by atoms with Gasteiger partial charge in [0.25, 0.3) is 0 Å². The highest BCUT2D eigenvalue weighted by Gasteiger charge is 2.62. The summed E-state index contributed by atoms with van der Waals surface area (Å²) in [6.45, 7) is 8.88. The van der Waals surface area contributed by atoms with Crippen molar-refractivity contribution < 1.29 is 48.0 Å². The maximum Gasteiger partial charge on any atom is 0.338 e. The Morgan fingerprint density at radius 3 is 1.92 bits per heavy atom. The standard InChI is InChI=1S/C38H44O10/c1-23-17-18-37(5,6)32(42)20-31(46-35(43)27-13-9-7-10-14-27)29(22-39)19-30-33(47-36(44)28-15-11-8-12-16-28)24(2)21-38(30,48-26(4)41)34(23)45-25(3)40/h7-19,23-24,30-31,33-34,39H,20-22H2,1-6H3/b18-17+,29-19+/t23?,24-,30+,31-,33+,34-,38-/m1/s1. The number of fused-ring (bicyclic) bond motifs is 1. The number of benzene rings is 2. The minimum atomic E-state index is -1.59. The van der Waals surface area contributed by atoms with Crippen LogP contribution in [-0.4, -0.2) is 65.3 Å². The minimum Gasteiger partial charge on any atom is -0.458 e. The van der Waals surface area contributed by atoms with Gasteiger partial charge in [0.15, 0.2) is 5.60 Å². The summed E-state index contributed by atoms with van der Waals surface area (Å²) < 4.78 is 24.2. The van der Waals surface area contributed by atoms with Crippen LogP contribution >= 0.6 is 0 Å². The lowest BCUT2D eigenvalue weighted by atomic mass is 9.75. The fraction of sp³-hybridized carbons (Fsp3) is 0.447. The summed E-state index contributed by atoms with van der Waals surface area (Å²) in [6, 6.07) is 16.6. The van der Waals surface area contributed by atoms with Gasteiger partial charge in [-0.3, -0.25) is 14.4 Å². The first-order valence-electron chi connectivity index (χ1n) is 16.1. The molecule has 1 fully saturated rings. The Balaban J connectivity index is 1.96. The van der Waals surface area contributed by atoms with Crippen molar-refractivity contribution in [2.45, 2.75) is 78.3 Å². The summed E-state index contributed by atoms with van der Waals surface area (Å²) in [6.07, 6.45) is 1.55. The third-order valence-corrected chi connectivity index (χ3v) is 9.11. The van der Waals surface area contributed by atoms with Crippen molar-refractivity contribution in [3.63, 3.8) is 0 Å². The second-order valence-corrected chi connectivity index (χ2v) is 13.2. The van der Waals surface area contributed by atoms with Gasteiger partial charge >= 0.3 is 23.9 Å². The average molecular weight is 661 g/mol. The summed E-state index contributed by atoms with van der Waals surface area (Å²) in [5.41, 5.74) is -1.97. The maximum absolute atomic E-state index is 13.8. The molecule has 2 aromatic carbocycles. The molecule has 0 aliphatic heterocycles. The zero-order valence-corrected chi connectivity index (χ0v) is 28.2. The van der Waals surface area contributed by atoms with Gasteiger partial charge in [0.05, 0.1) is 23.7 Å². The quantitative estimate of drug-likeness (QED) is 0.232. The van der Waals surface area contributed by atoms with E-state index in [4.69, 9.17) is 18.9 Å². The monoisotopic (exact) mass is 660 g/mol. The SMILES string of the molecule is CC(=O)O[C@@H]1C(C)/C=C/C(C)(C)C(=O)C[C@@H](OC(=O)c2ccccc2)/C(CO)=C/[C@H]2[C@@H](OC(=O)c3ccccc3)[C@H](C)C[C@]12OC(C)=O. The molecular formula is C38H44O10. The Morgan fingerprint density at radius 2 is 1.40 bits per heavy atom. The molecule has 10 nitrogen and oxygen atoms in total. The summed E-state index contributed by atoms with van der Waals surface area (Å²) in [7, 11) is 0. The predicted molar refractivity (Wildman–Crippen MR) is 175 cm³/mol. The number of hydrogen-bond acceptors (Lipinski definition) is 10. The number of esters is 4. The normalized spacial score (nSPS) is 30.2. The van der Waals surface area contributed by atoms with Gasteiger partial charge in [-0.25, -0.2) is 9.59 Å². The number of carbonyl (C=O) groups excluding carboxylic acids is 5. The molecular weight excluding hydrogens is 616 g/mol. The van der Waals surface area contributed by atoms with E-state index >= 15 is 0 Å². The fourth-order valence-corrected chi connectivity index (χ4v) is 6.68. The van der Waals surface area contributed by atoms with E-state index in [-0.39, 0.29) is 29.8 Å². The van der Waals surface area contributed by atoms with Crippen LogP contribution < -0.4 is 0 Å². The van der Waals surface area contributed by atoms with Crippen molar-refractivity contribution in [1.29, 1.82) is 0 Å². The molecule has 256 valence electrons. The van der Waals surface area contributed by atoms with E-state index in [0.29, 0.717) is 5.56 Å². The Kier molecular flexibility index (Phi) is 11.4. The van der Waals surface area contributed by atoms with Crippen LogP contribution in [0.2, 0.25) is 0 Å². The lowest BCUT2D eigenvalue weighted by Crippen LogP contribution is -2.55. The molecule has 1 unspecified atom stereocenters. The van der Waals surface area contributed by atoms with Crippen molar-refractivity contribution in [1.82, 2.24) is 0 Å². The number of ketones is 1. The number of aliphatic hydroxyl groups is 1. The first kappa shape index (κ1) is 36.3. The van der Waals surface area contributed by atoms with Crippen molar-refractivity contribution >= 4 is 29.7 Å². The van der Waals surface area contributed by atoms with E-state index in [0.717, 1.165) is 0 Å². The van der Waals surface area contributed by atoms with Crippen molar-refractivity contribution in [2.75, 3.05) is 6.61 Å². The van der Waals surface area contributed by atoms with E-state index in [2.05, 4.69) is 0 Å². The number of carbonyl (C=O) groups is 5. The Bertz CT molecular complexity index is 1560. The largest absolute Gasteiger partial charge is 0.458 e. The highest BCUT2D eigenvalue weighted by molar-refractivity contribution is 5.91. The lowest BCUT2D eigenvalue weighted by molar-refractivity contribution is -0.195. The van der Waals surface area contributed by atoms with Gasteiger partial charge in [-0.15, -0.1) is 0 Å². The van der Waals surface area contributed by atoms with Gasteiger partial charge in [-0.05, 0) is 56.0 Å². The second-order valence-electron chi connectivity index (χ2n) is 13.2. The van der Waals surface area contributed by atoms with Crippen LogP contribution in [0.3, 0.4) is 0 Å². The van der Waals surface area contributed by atoms with Gasteiger partial charge in [-0.2, -0.15) is 0 Å². The van der Waals surface area contributed by atoms with Crippen molar-refractivity contribution in [3.8, 4) is 0 Å². The van der Waals surface area contributed by atoms with Crippen LogP contribution in [0.1, 0.15) is 75.1 Å². The van der Waals surface area contributed by atoms with Gasteiger partial charge < -0.3 is 24.1 Å². The molecule has 0 aromatic heterocycles. The number of Topliss-reactive ketones (excluding diaryl/α,β-unsaturated/α-hetero) is 1. The van der Waals surface area contributed by atoms with Gasteiger partial charge in [-0.1, -0.05) is 68.5 Å². The van der Waals surface area contributed by atoms with Crippen LogP contribution in [0, 0.1) is 23.2 Å². The zero-order valence-electron chi connectivity index (χ0n) is 28.2. The van der Waals surface area contributed by atoms with Crippen LogP contribution in [0.15, 0.2) is 84.5 Å². The van der Waals surface area contributed by atoms with Crippen molar-refractivity contribution in [2.24, 2.45) is 23.2 Å². The lowest BCUT2D eigenvalue weighted by Gasteiger charge is -2.43. The molecule has 2 aromatic rings. The van der Waals surface area contributed by atoms with E-state index in [1.54, 1.807) is 99.7 Å². The Hall–Kier alpha value is -4.57. The summed E-state index contributed by atoms with van der Waals surface area (Å²) in [5.74, 6) is -4.95. The summed E-state index contributed by atoms with van der Waals surface area (Å²) >= 11 is 0. The number of hydrogen-bond donors (Lipinski definition) is 1. The third-order valence-electron chi connectivity index (χ3n) is 9.11. The molecule has 0 heterocycles. The summed E-state index contributed by atoms with van der Waals surface area (Å²) in [5, 5.41) is 10.8. The molecule has 10 heteroatoms. The van der Waals surface area contributed by atoms with Crippen molar-refractivity contribution in [3.05, 3.63) is 95.6 Å². The average Bonchev–Trinajstić information content (AvgIpc) is 3.30. The van der Waals surface area contributed by atoms with Crippen LogP contribution in [0.25, 0.3) is 0 Å². The first-order chi connectivity index (χ1) is 22.7. The number of ether oxygens (including phenoxy) is 4. The van der Waals surface area contributed by atoms with Crippen LogP contribution in [0.5, 0.6) is 0 Å². The van der Waals surface area contributed by atoms with E-state index in [1.807, 2.05) is 6.92 Å². The highest BCUT2D eigenvalue weighted by atomic mass is 16.6. The predicted octanol–water partition coefficient (Wildman–Crippen LogP) is 5.44. The van der Waals surface area contributed by atoms with E-state index < -0.39 is 77.6 Å². The molecule has 2 aliphatic rings. The van der Waals surface area contributed by atoms with Gasteiger partial charge in [0, 0.05) is 31.6 Å². The molecule has 0 bridgehead atoms. The molecule has 1 N–H and O–H groups in total. The molecule has 4 rings (SSSR count). The van der Waals surface area contributed by atoms with Gasteiger partial charge in [0.1, 0.15) is 24.1 Å². The Labute approximate surface area is 281 Å². The fourth-order valence-electron chi connectivity index (χ4n) is 6.68. The topological polar surface area (TPSA) is 143 Å². The molecule has 0 spiro atoms. The highest BCUT2D eigenvalue weighted by Crippen LogP contribution is 2.51. The smallest absolute Gasteiger partial charge is 0.338 e. The number of aliphatic hydroxyl groups excluding tert-OH is 1. The zero-order chi connectivity index (χ0) is 35.2. The molecule has 0 amide bonds. The second kappa shape index (κ2) is 15.1. The molecule has 2 aliphatic carbocycles. The molecule has 0 radical (unpaired) electrons.